The molecule has 1 aromatic rings. The summed E-state index contributed by atoms with van der Waals surface area (Å²) in [6, 6.07) is 2.25. The minimum absolute atomic E-state index is 0.0184. The van der Waals surface area contributed by atoms with Crippen LogP contribution in [0.1, 0.15) is 6.42 Å². The van der Waals surface area contributed by atoms with E-state index in [4.69, 9.17) is 4.74 Å². The van der Waals surface area contributed by atoms with Crippen LogP contribution in [0, 0.1) is 15.9 Å². The largest absolute Gasteiger partial charge is 0.494 e. The van der Waals surface area contributed by atoms with Gasteiger partial charge in [0.15, 0.2) is 21.4 Å². The van der Waals surface area contributed by atoms with Crippen LogP contribution in [-0.2, 0) is 9.84 Å². The second-order valence-corrected chi connectivity index (χ2v) is 8.54. The molecule has 8 nitrogen and oxygen atoms in total. The number of methoxy groups -OCH3 is 1. The van der Waals surface area contributed by atoms with Crippen LogP contribution < -0.4 is 9.64 Å². The number of rotatable bonds is 4. The molecule has 2 aliphatic heterocycles. The van der Waals surface area contributed by atoms with Crippen LogP contribution in [0.4, 0.5) is 15.8 Å². The fourth-order valence-corrected chi connectivity index (χ4v) is 5.24. The lowest BCUT2D eigenvalue weighted by Gasteiger charge is -2.38. The van der Waals surface area contributed by atoms with Crippen LogP contribution in [0.2, 0.25) is 0 Å². The summed E-state index contributed by atoms with van der Waals surface area (Å²) < 4.78 is 42.0. The highest BCUT2D eigenvalue weighted by Gasteiger charge is 2.34. The first-order valence-corrected chi connectivity index (χ1v) is 9.84. The second-order valence-electron chi connectivity index (χ2n) is 6.31. The molecule has 2 saturated heterocycles. The van der Waals surface area contributed by atoms with Crippen molar-refractivity contribution in [2.24, 2.45) is 0 Å². The molecule has 138 valence electrons. The average molecular weight is 373 g/mol. The van der Waals surface area contributed by atoms with Gasteiger partial charge in [-0.3, -0.25) is 15.0 Å². The summed E-state index contributed by atoms with van der Waals surface area (Å²) in [5, 5.41) is 11.3. The van der Waals surface area contributed by atoms with E-state index in [0.29, 0.717) is 38.3 Å². The molecule has 3 rings (SSSR count). The van der Waals surface area contributed by atoms with Crippen molar-refractivity contribution in [2.75, 3.05) is 49.7 Å². The van der Waals surface area contributed by atoms with Crippen molar-refractivity contribution in [1.82, 2.24) is 4.90 Å². The Bertz CT molecular complexity index is 778. The van der Waals surface area contributed by atoms with E-state index in [1.54, 1.807) is 0 Å². The molecule has 0 aromatic heterocycles. The van der Waals surface area contributed by atoms with E-state index < -0.39 is 20.6 Å². The Hall–Kier alpha value is -1.94. The van der Waals surface area contributed by atoms with Gasteiger partial charge in [-0.1, -0.05) is 0 Å². The molecule has 25 heavy (non-hydrogen) atoms. The van der Waals surface area contributed by atoms with Gasteiger partial charge < -0.3 is 9.64 Å². The first-order valence-electron chi connectivity index (χ1n) is 8.02. The standard InChI is InChI=1S/C15H20FN3O5S/c1-24-15-9-13(14(19(20)21)8-12(15)16)18-5-3-17(4-6-18)11-2-7-25(22,23)10-11/h8-9,11H,2-7,10H2,1H3. The zero-order chi connectivity index (χ0) is 18.2. The highest BCUT2D eigenvalue weighted by Crippen LogP contribution is 2.35. The van der Waals surface area contributed by atoms with Gasteiger partial charge in [0, 0.05) is 38.3 Å². The van der Waals surface area contributed by atoms with Crippen LogP contribution in [0.5, 0.6) is 5.75 Å². The maximum Gasteiger partial charge on any atom is 0.295 e. The maximum atomic E-state index is 13.8. The monoisotopic (exact) mass is 373 g/mol. The van der Waals surface area contributed by atoms with E-state index in [1.165, 1.54) is 13.2 Å². The van der Waals surface area contributed by atoms with E-state index in [1.807, 2.05) is 4.90 Å². The van der Waals surface area contributed by atoms with Crippen LogP contribution >= 0.6 is 0 Å². The van der Waals surface area contributed by atoms with Gasteiger partial charge in [0.05, 0.1) is 29.6 Å². The molecule has 0 bridgehead atoms. The minimum atomic E-state index is -2.95. The van der Waals surface area contributed by atoms with Crippen molar-refractivity contribution in [3.05, 3.63) is 28.1 Å². The number of ether oxygens (including phenoxy) is 1. The Labute approximate surface area is 145 Å². The van der Waals surface area contributed by atoms with Crippen LogP contribution in [0.3, 0.4) is 0 Å². The first kappa shape index (κ1) is 17.9. The number of piperazine rings is 1. The number of hydrogen-bond donors (Lipinski definition) is 0. The lowest BCUT2D eigenvalue weighted by molar-refractivity contribution is -0.384. The van der Waals surface area contributed by atoms with Crippen molar-refractivity contribution in [2.45, 2.75) is 12.5 Å². The average Bonchev–Trinajstić information content (AvgIpc) is 2.94. The van der Waals surface area contributed by atoms with Gasteiger partial charge in [-0.15, -0.1) is 0 Å². The highest BCUT2D eigenvalue weighted by atomic mass is 32.2. The molecule has 0 aliphatic carbocycles. The Kier molecular flexibility index (Phi) is 4.83. The van der Waals surface area contributed by atoms with Crippen LogP contribution in [0.25, 0.3) is 0 Å². The van der Waals surface area contributed by atoms with E-state index in [0.717, 1.165) is 6.07 Å². The van der Waals surface area contributed by atoms with Gasteiger partial charge in [0.1, 0.15) is 5.69 Å². The molecular formula is C15H20FN3O5S. The van der Waals surface area contributed by atoms with Gasteiger partial charge in [-0.05, 0) is 6.42 Å². The number of hydrogen-bond acceptors (Lipinski definition) is 7. The smallest absolute Gasteiger partial charge is 0.295 e. The van der Waals surface area contributed by atoms with E-state index in [9.17, 15) is 22.9 Å². The number of anilines is 1. The molecule has 0 spiro atoms. The summed E-state index contributed by atoms with van der Waals surface area (Å²) in [5.41, 5.74) is 0.0251. The number of nitro benzene ring substituents is 1. The summed E-state index contributed by atoms with van der Waals surface area (Å²) in [6.07, 6.45) is 0.632. The van der Waals surface area contributed by atoms with Crippen molar-refractivity contribution in [1.29, 1.82) is 0 Å². The first-order chi connectivity index (χ1) is 11.8. The predicted molar refractivity (Wildman–Crippen MR) is 90.5 cm³/mol. The van der Waals surface area contributed by atoms with Gasteiger partial charge in [0.2, 0.25) is 0 Å². The lowest BCUT2D eigenvalue weighted by atomic mass is 10.1. The fourth-order valence-electron chi connectivity index (χ4n) is 3.48. The lowest BCUT2D eigenvalue weighted by Crippen LogP contribution is -2.50. The summed E-state index contributed by atoms with van der Waals surface area (Å²) >= 11 is 0. The molecule has 2 heterocycles. The van der Waals surface area contributed by atoms with E-state index in [-0.39, 0.29) is 29.0 Å². The Morgan fingerprint density at radius 3 is 2.48 bits per heavy atom. The summed E-state index contributed by atoms with van der Waals surface area (Å²) in [4.78, 5) is 14.6. The molecule has 0 radical (unpaired) electrons. The third-order valence-corrected chi connectivity index (χ3v) is 6.58. The Morgan fingerprint density at radius 2 is 1.96 bits per heavy atom. The number of benzene rings is 1. The van der Waals surface area contributed by atoms with Crippen molar-refractivity contribution >= 4 is 21.2 Å². The zero-order valence-electron chi connectivity index (χ0n) is 13.9. The maximum absolute atomic E-state index is 13.8. The molecule has 0 N–H and O–H groups in total. The molecule has 10 heteroatoms. The fraction of sp³-hybridized carbons (Fsp3) is 0.600. The SMILES string of the molecule is COc1cc(N2CCN(C3CCS(=O)(=O)C3)CC2)c([N+](=O)[O-])cc1F. The molecule has 1 aromatic carbocycles. The molecular weight excluding hydrogens is 353 g/mol. The van der Waals surface area contributed by atoms with Crippen molar-refractivity contribution < 1.29 is 22.5 Å². The molecule has 1 atom stereocenters. The summed E-state index contributed by atoms with van der Waals surface area (Å²) in [6.45, 7) is 2.23. The number of nitrogens with zero attached hydrogens (tertiary/aromatic N) is 3. The Balaban J connectivity index is 1.75. The minimum Gasteiger partial charge on any atom is -0.494 e. The molecule has 2 aliphatic rings. The number of sulfone groups is 1. The quantitative estimate of drug-likeness (QED) is 0.575. The Morgan fingerprint density at radius 1 is 1.28 bits per heavy atom. The van der Waals surface area contributed by atoms with Crippen molar-refractivity contribution in [3.8, 4) is 5.75 Å². The van der Waals surface area contributed by atoms with Crippen LogP contribution in [-0.4, -0.2) is 69.1 Å². The van der Waals surface area contributed by atoms with Crippen LogP contribution in [0.15, 0.2) is 12.1 Å². The third kappa shape index (κ3) is 3.69. The topological polar surface area (TPSA) is 93.0 Å². The predicted octanol–water partition coefficient (Wildman–Crippen LogP) is 1.05. The highest BCUT2D eigenvalue weighted by molar-refractivity contribution is 7.91. The van der Waals surface area contributed by atoms with E-state index >= 15 is 0 Å². The summed E-state index contributed by atoms with van der Waals surface area (Å²) in [7, 11) is -1.63. The summed E-state index contributed by atoms with van der Waals surface area (Å²) in [5.74, 6) is -0.409. The molecule has 0 amide bonds. The number of nitro groups is 1. The normalized spacial score (nSPS) is 23.6. The van der Waals surface area contributed by atoms with E-state index in [2.05, 4.69) is 4.90 Å². The molecule has 2 fully saturated rings. The molecule has 0 saturated carbocycles. The second kappa shape index (κ2) is 6.75. The van der Waals surface area contributed by atoms with Gasteiger partial charge in [-0.2, -0.15) is 0 Å². The molecule has 1 unspecified atom stereocenters. The van der Waals surface area contributed by atoms with Gasteiger partial charge in [0.25, 0.3) is 5.69 Å². The van der Waals surface area contributed by atoms with Gasteiger partial charge >= 0.3 is 0 Å². The van der Waals surface area contributed by atoms with Gasteiger partial charge in [-0.25, -0.2) is 12.8 Å². The third-order valence-electron chi connectivity index (χ3n) is 4.83. The zero-order valence-corrected chi connectivity index (χ0v) is 14.7. The van der Waals surface area contributed by atoms with Crippen molar-refractivity contribution in [3.63, 3.8) is 0 Å². The number of halogens is 1.